The summed E-state index contributed by atoms with van der Waals surface area (Å²) in [6, 6.07) is 0. The van der Waals surface area contributed by atoms with Gasteiger partial charge < -0.3 is 9.64 Å². The molecule has 1 aliphatic heterocycles. The predicted octanol–water partition coefficient (Wildman–Crippen LogP) is 1.99. The van der Waals surface area contributed by atoms with Crippen molar-refractivity contribution in [3.8, 4) is 0 Å². The fraction of sp³-hybridized carbons (Fsp3) is 0.900. The van der Waals surface area contributed by atoms with Gasteiger partial charge in [0.15, 0.2) is 0 Å². The molecule has 1 saturated heterocycles. The Morgan fingerprint density at radius 2 is 1.93 bits per heavy atom. The number of likely N-dealkylation sites (tertiary alicyclic amines) is 1. The second-order valence-electron chi connectivity index (χ2n) is 4.80. The van der Waals surface area contributed by atoms with Crippen LogP contribution in [-0.4, -0.2) is 34.9 Å². The molecular formula is C10H20N2O2S. The summed E-state index contributed by atoms with van der Waals surface area (Å²) in [5.74, 6) is 0. The molecule has 0 atom stereocenters. The predicted molar refractivity (Wildman–Crippen MR) is 62.6 cm³/mol. The number of carbonyl (C=O) groups excluding carboxylic acids is 1. The van der Waals surface area contributed by atoms with E-state index < -0.39 is 5.60 Å². The van der Waals surface area contributed by atoms with Crippen LogP contribution >= 0.6 is 11.9 Å². The van der Waals surface area contributed by atoms with Crippen LogP contribution in [0.25, 0.3) is 0 Å². The summed E-state index contributed by atoms with van der Waals surface area (Å²) in [4.78, 5) is 13.4. The topological polar surface area (TPSA) is 55.6 Å². The molecule has 0 saturated carbocycles. The monoisotopic (exact) mass is 232 g/mol. The molecule has 1 fully saturated rings. The normalized spacial score (nSPS) is 19.1. The van der Waals surface area contributed by atoms with Crippen molar-refractivity contribution in [1.82, 2.24) is 4.90 Å². The summed E-state index contributed by atoms with van der Waals surface area (Å²) in [6.07, 6.45) is 1.71. The van der Waals surface area contributed by atoms with E-state index in [9.17, 15) is 4.79 Å². The van der Waals surface area contributed by atoms with Crippen LogP contribution in [0, 0.1) is 0 Å². The maximum absolute atomic E-state index is 11.7. The zero-order valence-corrected chi connectivity index (χ0v) is 10.5. The van der Waals surface area contributed by atoms with Crippen LogP contribution in [0.3, 0.4) is 0 Å². The number of piperidine rings is 1. The standard InChI is InChI=1S/C10H20N2O2S/c1-10(2,3)14-9(13)12-6-4-8(15-11)5-7-12/h8H,4-7,11H2,1-3H3. The van der Waals surface area contributed by atoms with Crippen LogP contribution < -0.4 is 5.14 Å². The molecule has 0 unspecified atom stereocenters. The van der Waals surface area contributed by atoms with Crippen molar-refractivity contribution in [1.29, 1.82) is 0 Å². The first-order chi connectivity index (χ1) is 6.92. The summed E-state index contributed by atoms with van der Waals surface area (Å²) >= 11 is 1.39. The summed E-state index contributed by atoms with van der Waals surface area (Å²) < 4.78 is 5.29. The number of ether oxygens (including phenoxy) is 1. The third-order valence-electron chi connectivity index (χ3n) is 2.29. The first kappa shape index (κ1) is 12.6. The molecule has 0 aliphatic carbocycles. The summed E-state index contributed by atoms with van der Waals surface area (Å²) in [5, 5.41) is 6.00. The number of hydrogen-bond donors (Lipinski definition) is 1. The lowest BCUT2D eigenvalue weighted by Gasteiger charge is -2.32. The number of nitrogens with two attached hydrogens (primary N) is 1. The Hall–Kier alpha value is -0.420. The van der Waals surface area contributed by atoms with Crippen LogP contribution in [0.2, 0.25) is 0 Å². The van der Waals surface area contributed by atoms with E-state index >= 15 is 0 Å². The van der Waals surface area contributed by atoms with Gasteiger partial charge in [0.2, 0.25) is 0 Å². The van der Waals surface area contributed by atoms with E-state index in [-0.39, 0.29) is 6.09 Å². The highest BCUT2D eigenvalue weighted by Crippen LogP contribution is 2.20. The van der Waals surface area contributed by atoms with Gasteiger partial charge in [-0.15, -0.1) is 0 Å². The van der Waals surface area contributed by atoms with Gasteiger partial charge in [-0.25, -0.2) is 4.79 Å². The zero-order valence-electron chi connectivity index (χ0n) is 9.66. The first-order valence-corrected chi connectivity index (χ1v) is 6.20. The Labute approximate surface area is 95.7 Å². The lowest BCUT2D eigenvalue weighted by molar-refractivity contribution is 0.0219. The molecule has 5 heteroatoms. The molecule has 0 aromatic heterocycles. The van der Waals surface area contributed by atoms with E-state index in [2.05, 4.69) is 0 Å². The summed E-state index contributed by atoms with van der Waals surface area (Å²) in [6.45, 7) is 7.15. The summed E-state index contributed by atoms with van der Waals surface area (Å²) in [5.41, 5.74) is -0.406. The Morgan fingerprint density at radius 3 is 2.33 bits per heavy atom. The van der Waals surface area contributed by atoms with E-state index in [0.717, 1.165) is 25.9 Å². The van der Waals surface area contributed by atoms with Crippen molar-refractivity contribution in [2.45, 2.75) is 44.5 Å². The Morgan fingerprint density at radius 1 is 1.40 bits per heavy atom. The molecular weight excluding hydrogens is 212 g/mol. The van der Waals surface area contributed by atoms with Crippen molar-refractivity contribution >= 4 is 18.0 Å². The molecule has 0 aromatic rings. The third kappa shape index (κ3) is 4.30. The molecule has 0 bridgehead atoms. The molecule has 15 heavy (non-hydrogen) atoms. The molecule has 0 aromatic carbocycles. The molecule has 4 nitrogen and oxygen atoms in total. The molecule has 1 aliphatic rings. The van der Waals surface area contributed by atoms with Gasteiger partial charge in [0.05, 0.1) is 0 Å². The zero-order chi connectivity index (χ0) is 11.5. The Kier molecular flexibility index (Phi) is 4.28. The second kappa shape index (κ2) is 5.07. The largest absolute Gasteiger partial charge is 0.444 e. The van der Waals surface area contributed by atoms with Gasteiger partial charge >= 0.3 is 6.09 Å². The average molecular weight is 232 g/mol. The number of hydrogen-bond acceptors (Lipinski definition) is 4. The lowest BCUT2D eigenvalue weighted by Crippen LogP contribution is -2.42. The highest BCUT2D eigenvalue weighted by atomic mass is 32.2. The minimum atomic E-state index is -0.406. The highest BCUT2D eigenvalue weighted by molar-refractivity contribution is 7.97. The van der Waals surface area contributed by atoms with Crippen molar-refractivity contribution in [2.75, 3.05) is 13.1 Å². The highest BCUT2D eigenvalue weighted by Gasteiger charge is 2.26. The average Bonchev–Trinajstić information content (AvgIpc) is 2.15. The van der Waals surface area contributed by atoms with Crippen LogP contribution in [0.1, 0.15) is 33.6 Å². The van der Waals surface area contributed by atoms with Crippen molar-refractivity contribution in [3.05, 3.63) is 0 Å². The van der Waals surface area contributed by atoms with E-state index in [0.29, 0.717) is 5.25 Å². The molecule has 1 heterocycles. The Balaban J connectivity index is 2.37. The van der Waals surface area contributed by atoms with E-state index in [1.54, 1.807) is 4.90 Å². The minimum Gasteiger partial charge on any atom is -0.444 e. The first-order valence-electron chi connectivity index (χ1n) is 5.26. The number of nitrogens with zero attached hydrogens (tertiary/aromatic N) is 1. The van der Waals surface area contributed by atoms with E-state index in [4.69, 9.17) is 9.88 Å². The fourth-order valence-electron chi connectivity index (χ4n) is 1.50. The smallest absolute Gasteiger partial charge is 0.410 e. The molecule has 1 rings (SSSR count). The van der Waals surface area contributed by atoms with E-state index in [1.165, 1.54) is 11.9 Å². The van der Waals surface area contributed by atoms with Crippen molar-refractivity contribution in [3.63, 3.8) is 0 Å². The fourth-order valence-corrected chi connectivity index (χ4v) is 1.98. The van der Waals surface area contributed by atoms with Gasteiger partial charge in [-0.2, -0.15) is 0 Å². The number of rotatable bonds is 1. The maximum Gasteiger partial charge on any atom is 0.410 e. The van der Waals surface area contributed by atoms with Crippen LogP contribution in [0.5, 0.6) is 0 Å². The minimum absolute atomic E-state index is 0.206. The lowest BCUT2D eigenvalue weighted by atomic mass is 10.1. The SMILES string of the molecule is CC(C)(C)OC(=O)N1CCC(SN)CC1. The maximum atomic E-state index is 11.7. The quantitative estimate of drug-likeness (QED) is 0.702. The number of carbonyl (C=O) groups is 1. The summed E-state index contributed by atoms with van der Waals surface area (Å²) in [7, 11) is 0. The van der Waals surface area contributed by atoms with Gasteiger partial charge in [0.1, 0.15) is 5.60 Å². The Bertz CT molecular complexity index is 220. The van der Waals surface area contributed by atoms with Gasteiger partial charge in [-0.1, -0.05) is 11.9 Å². The molecule has 88 valence electrons. The molecule has 2 N–H and O–H groups in total. The van der Waals surface area contributed by atoms with Crippen LogP contribution in [0.15, 0.2) is 0 Å². The van der Waals surface area contributed by atoms with Crippen molar-refractivity contribution < 1.29 is 9.53 Å². The molecule has 0 radical (unpaired) electrons. The third-order valence-corrected chi connectivity index (χ3v) is 3.14. The van der Waals surface area contributed by atoms with Crippen LogP contribution in [0.4, 0.5) is 4.79 Å². The van der Waals surface area contributed by atoms with Gasteiger partial charge in [-0.05, 0) is 33.6 Å². The number of amides is 1. The van der Waals surface area contributed by atoms with Gasteiger partial charge in [0, 0.05) is 18.3 Å². The van der Waals surface area contributed by atoms with E-state index in [1.807, 2.05) is 20.8 Å². The molecule has 0 spiro atoms. The second-order valence-corrected chi connectivity index (χ2v) is 5.74. The molecule has 1 amide bonds. The van der Waals surface area contributed by atoms with Gasteiger partial charge in [-0.3, -0.25) is 5.14 Å². The van der Waals surface area contributed by atoms with Crippen molar-refractivity contribution in [2.24, 2.45) is 5.14 Å². The van der Waals surface area contributed by atoms with Crippen LogP contribution in [-0.2, 0) is 4.74 Å². The van der Waals surface area contributed by atoms with Gasteiger partial charge in [0.25, 0.3) is 0 Å².